The Kier molecular flexibility index (Phi) is 4.24. The van der Waals surface area contributed by atoms with Gasteiger partial charge in [-0.05, 0) is 6.07 Å². The van der Waals surface area contributed by atoms with Crippen molar-refractivity contribution in [1.29, 1.82) is 0 Å². The minimum absolute atomic E-state index is 0.155. The van der Waals surface area contributed by atoms with Crippen molar-refractivity contribution in [1.82, 2.24) is 0 Å². The SMILES string of the molecule is COc1cc([N+](=O)[O-])ccc1N(S(C)(=O)=O)S(C)(=O)=O. The Morgan fingerprint density at radius 1 is 1.15 bits per heavy atom. The van der Waals surface area contributed by atoms with Crippen LogP contribution in [-0.4, -0.2) is 41.4 Å². The maximum Gasteiger partial charge on any atom is 0.273 e. The summed E-state index contributed by atoms with van der Waals surface area (Å²) in [5.41, 5.74) is -0.671. The van der Waals surface area contributed by atoms with Crippen LogP contribution < -0.4 is 8.45 Å². The van der Waals surface area contributed by atoms with Crippen molar-refractivity contribution in [2.75, 3.05) is 23.3 Å². The summed E-state index contributed by atoms with van der Waals surface area (Å²) in [5, 5.41) is 10.6. The number of hydrogen-bond donors (Lipinski definition) is 0. The summed E-state index contributed by atoms with van der Waals surface area (Å²) in [6.07, 6.45) is 1.41. The maximum absolute atomic E-state index is 11.6. The van der Waals surface area contributed by atoms with Gasteiger partial charge in [-0.3, -0.25) is 10.1 Å². The van der Waals surface area contributed by atoms with Gasteiger partial charge in [-0.15, -0.1) is 0 Å². The molecule has 0 fully saturated rings. The third-order valence-corrected chi connectivity index (χ3v) is 5.40. The van der Waals surface area contributed by atoms with E-state index in [1.807, 2.05) is 0 Å². The van der Waals surface area contributed by atoms with Gasteiger partial charge >= 0.3 is 0 Å². The summed E-state index contributed by atoms with van der Waals surface area (Å²) in [5.74, 6) is -0.241. The molecule has 20 heavy (non-hydrogen) atoms. The van der Waals surface area contributed by atoms with Crippen molar-refractivity contribution < 1.29 is 26.5 Å². The van der Waals surface area contributed by atoms with Crippen molar-refractivity contribution in [3.8, 4) is 5.75 Å². The van der Waals surface area contributed by atoms with Crippen molar-refractivity contribution in [2.45, 2.75) is 0 Å². The topological polar surface area (TPSA) is 124 Å². The molecule has 1 rings (SSSR count). The number of rotatable bonds is 5. The molecule has 0 N–H and O–H groups in total. The van der Waals surface area contributed by atoms with Gasteiger partial charge in [0.15, 0.2) is 5.75 Å². The molecule has 0 atom stereocenters. The highest BCUT2D eigenvalue weighted by Gasteiger charge is 2.30. The first-order chi connectivity index (χ1) is 8.98. The number of hydrogen-bond acceptors (Lipinski definition) is 7. The molecule has 0 bridgehead atoms. The molecule has 112 valence electrons. The number of sulfonamides is 2. The van der Waals surface area contributed by atoms with Crippen LogP contribution in [0, 0.1) is 10.1 Å². The van der Waals surface area contributed by atoms with Gasteiger partial charge in [-0.2, -0.15) is 3.71 Å². The monoisotopic (exact) mass is 324 g/mol. The summed E-state index contributed by atoms with van der Waals surface area (Å²) in [6, 6.07) is 2.93. The molecule has 0 aliphatic heterocycles. The second kappa shape index (κ2) is 5.25. The first-order valence-electron chi connectivity index (χ1n) is 5.01. The number of benzene rings is 1. The van der Waals surface area contributed by atoms with E-state index < -0.39 is 25.0 Å². The number of ether oxygens (including phenoxy) is 1. The molecule has 0 amide bonds. The van der Waals surface area contributed by atoms with Gasteiger partial charge in [0.2, 0.25) is 20.0 Å². The third kappa shape index (κ3) is 3.36. The summed E-state index contributed by atoms with van der Waals surface area (Å²) in [4.78, 5) is 9.93. The highest BCUT2D eigenvalue weighted by Crippen LogP contribution is 2.34. The molecular weight excluding hydrogens is 312 g/mol. The average Bonchev–Trinajstić information content (AvgIpc) is 2.25. The van der Waals surface area contributed by atoms with Gasteiger partial charge in [-0.1, -0.05) is 0 Å². The lowest BCUT2D eigenvalue weighted by Gasteiger charge is -2.21. The van der Waals surface area contributed by atoms with E-state index in [9.17, 15) is 26.9 Å². The second-order valence-corrected chi connectivity index (χ2v) is 7.73. The molecule has 0 aliphatic carbocycles. The molecule has 9 nitrogen and oxygen atoms in total. The molecule has 0 aromatic heterocycles. The number of nitro benzene ring substituents is 1. The molecule has 0 unspecified atom stereocenters. The van der Waals surface area contributed by atoms with E-state index in [0.717, 1.165) is 25.3 Å². The zero-order valence-electron chi connectivity index (χ0n) is 10.8. The number of nitro groups is 1. The van der Waals surface area contributed by atoms with E-state index >= 15 is 0 Å². The van der Waals surface area contributed by atoms with Crippen LogP contribution in [0.4, 0.5) is 11.4 Å². The Balaban J connectivity index is 3.63. The van der Waals surface area contributed by atoms with E-state index in [1.165, 1.54) is 0 Å². The fourth-order valence-corrected chi connectivity index (χ4v) is 4.52. The Labute approximate surface area is 116 Å². The third-order valence-electron chi connectivity index (χ3n) is 2.17. The van der Waals surface area contributed by atoms with Crippen LogP contribution in [-0.2, 0) is 20.0 Å². The zero-order valence-corrected chi connectivity index (χ0v) is 12.4. The number of methoxy groups -OCH3 is 1. The van der Waals surface area contributed by atoms with Crippen molar-refractivity contribution >= 4 is 31.4 Å². The Bertz CT molecular complexity index is 708. The second-order valence-electron chi connectivity index (χ2n) is 3.84. The predicted molar refractivity (Wildman–Crippen MR) is 71.8 cm³/mol. The van der Waals surface area contributed by atoms with Crippen molar-refractivity contribution in [2.24, 2.45) is 0 Å². The van der Waals surface area contributed by atoms with Crippen molar-refractivity contribution in [3.63, 3.8) is 0 Å². The first kappa shape index (κ1) is 16.2. The van der Waals surface area contributed by atoms with E-state index in [1.54, 1.807) is 0 Å². The largest absolute Gasteiger partial charge is 0.494 e. The summed E-state index contributed by atoms with van der Waals surface area (Å²) >= 11 is 0. The number of nitrogens with zero attached hydrogens (tertiary/aromatic N) is 2. The lowest BCUT2D eigenvalue weighted by molar-refractivity contribution is -0.384. The molecule has 0 aliphatic rings. The van der Waals surface area contributed by atoms with E-state index in [4.69, 9.17) is 4.74 Å². The van der Waals surface area contributed by atoms with E-state index in [2.05, 4.69) is 0 Å². The highest BCUT2D eigenvalue weighted by atomic mass is 32.3. The first-order valence-corrected chi connectivity index (χ1v) is 8.71. The van der Waals surface area contributed by atoms with E-state index in [0.29, 0.717) is 12.5 Å². The van der Waals surface area contributed by atoms with Crippen LogP contribution >= 0.6 is 0 Å². The molecule has 11 heteroatoms. The molecule has 1 aromatic rings. The Morgan fingerprint density at radius 3 is 2.00 bits per heavy atom. The standard InChI is InChI=1S/C9H12N2O7S2/c1-18-9-6-7(10(12)13)4-5-8(9)11(19(2,14)15)20(3,16)17/h4-6H,1-3H3. The van der Waals surface area contributed by atoms with Gasteiger partial charge < -0.3 is 4.74 Å². The summed E-state index contributed by atoms with van der Waals surface area (Å²) in [6.45, 7) is 0. The lowest BCUT2D eigenvalue weighted by atomic mass is 10.2. The van der Waals surface area contributed by atoms with Crippen LogP contribution in [0.25, 0.3) is 0 Å². The zero-order chi connectivity index (χ0) is 15.7. The van der Waals surface area contributed by atoms with Gasteiger partial charge in [0, 0.05) is 6.07 Å². The molecule has 0 saturated heterocycles. The highest BCUT2D eigenvalue weighted by molar-refractivity contribution is 8.09. The number of non-ortho nitro benzene ring substituents is 1. The van der Waals surface area contributed by atoms with Crippen LogP contribution in [0.2, 0.25) is 0 Å². The van der Waals surface area contributed by atoms with Gasteiger partial charge in [-0.25, -0.2) is 16.8 Å². The molecule has 0 spiro atoms. The molecular formula is C9H12N2O7S2. The summed E-state index contributed by atoms with van der Waals surface area (Å²) < 4.78 is 51.5. The van der Waals surface area contributed by atoms with Crippen LogP contribution in [0.3, 0.4) is 0 Å². The Morgan fingerprint density at radius 2 is 1.65 bits per heavy atom. The average molecular weight is 324 g/mol. The smallest absolute Gasteiger partial charge is 0.273 e. The normalized spacial score (nSPS) is 11.9. The van der Waals surface area contributed by atoms with Crippen LogP contribution in [0.5, 0.6) is 5.75 Å². The lowest BCUT2D eigenvalue weighted by Crippen LogP contribution is -2.35. The molecule has 0 saturated carbocycles. The van der Waals surface area contributed by atoms with Gasteiger partial charge in [0.05, 0.1) is 30.6 Å². The fourth-order valence-electron chi connectivity index (χ4n) is 1.53. The Hall–Kier alpha value is -1.88. The minimum Gasteiger partial charge on any atom is -0.494 e. The van der Waals surface area contributed by atoms with E-state index in [-0.39, 0.29) is 20.8 Å². The molecule has 1 aromatic carbocycles. The summed E-state index contributed by atoms with van der Waals surface area (Å²) in [7, 11) is -7.15. The maximum atomic E-state index is 11.6. The minimum atomic E-state index is -4.15. The van der Waals surface area contributed by atoms with Gasteiger partial charge in [0.25, 0.3) is 5.69 Å². The van der Waals surface area contributed by atoms with Crippen LogP contribution in [0.15, 0.2) is 18.2 Å². The molecule has 0 radical (unpaired) electrons. The predicted octanol–water partition coefficient (Wildman–Crippen LogP) is 0.329. The van der Waals surface area contributed by atoms with Crippen molar-refractivity contribution in [3.05, 3.63) is 28.3 Å². The molecule has 0 heterocycles. The fraction of sp³-hybridized carbons (Fsp3) is 0.333. The quantitative estimate of drug-likeness (QED) is 0.564. The van der Waals surface area contributed by atoms with Gasteiger partial charge in [0.1, 0.15) is 5.69 Å². The van der Waals surface area contributed by atoms with Crippen LogP contribution in [0.1, 0.15) is 0 Å². The number of anilines is 1.